The number of benzene rings is 1. The lowest BCUT2D eigenvalue weighted by Crippen LogP contribution is -2.30. The summed E-state index contributed by atoms with van der Waals surface area (Å²) in [5.74, 6) is -0.215. The molecule has 1 aromatic rings. The zero-order valence-corrected chi connectivity index (χ0v) is 8.90. The standard InChI is InChI=1S/C14H12O2/c15-13-6-5-11-7-9-3-1-2-4-10(9)8-12(11)14(13)16/h1-4,8,11H,5-7H2. The van der Waals surface area contributed by atoms with Crippen LogP contribution < -0.4 is 0 Å². The second kappa shape index (κ2) is 3.41. The van der Waals surface area contributed by atoms with Gasteiger partial charge in [-0.15, -0.1) is 0 Å². The van der Waals surface area contributed by atoms with E-state index in [1.54, 1.807) is 0 Å². The van der Waals surface area contributed by atoms with E-state index in [9.17, 15) is 9.59 Å². The predicted molar refractivity (Wildman–Crippen MR) is 60.9 cm³/mol. The van der Waals surface area contributed by atoms with Crippen LogP contribution in [-0.4, -0.2) is 11.6 Å². The van der Waals surface area contributed by atoms with Crippen LogP contribution in [0.2, 0.25) is 0 Å². The molecule has 2 aliphatic rings. The largest absolute Gasteiger partial charge is 0.291 e. The van der Waals surface area contributed by atoms with Gasteiger partial charge in [0.05, 0.1) is 0 Å². The first kappa shape index (κ1) is 9.52. The highest BCUT2D eigenvalue weighted by Crippen LogP contribution is 2.35. The number of ketones is 2. The first-order valence-corrected chi connectivity index (χ1v) is 5.63. The van der Waals surface area contributed by atoms with Crippen LogP contribution >= 0.6 is 0 Å². The Morgan fingerprint density at radius 3 is 2.81 bits per heavy atom. The Bertz CT molecular complexity index is 511. The van der Waals surface area contributed by atoms with Crippen LogP contribution in [0.5, 0.6) is 0 Å². The maximum absolute atomic E-state index is 11.8. The average molecular weight is 212 g/mol. The lowest BCUT2D eigenvalue weighted by Gasteiger charge is -2.28. The van der Waals surface area contributed by atoms with Gasteiger partial charge in [-0.2, -0.15) is 0 Å². The van der Waals surface area contributed by atoms with Crippen molar-refractivity contribution >= 4 is 17.6 Å². The summed E-state index contributed by atoms with van der Waals surface area (Å²) in [4.78, 5) is 23.1. The fraction of sp³-hybridized carbons (Fsp3) is 0.286. The summed E-state index contributed by atoms with van der Waals surface area (Å²) in [5.41, 5.74) is 3.12. The molecule has 0 aromatic heterocycles. The SMILES string of the molecule is O=C1CCC2Cc3ccccc3C=C2C1=O. The third kappa shape index (κ3) is 1.33. The molecule has 1 aromatic carbocycles. The van der Waals surface area contributed by atoms with Crippen molar-refractivity contribution in [1.29, 1.82) is 0 Å². The van der Waals surface area contributed by atoms with Crippen LogP contribution in [0, 0.1) is 5.92 Å². The number of rotatable bonds is 0. The summed E-state index contributed by atoms with van der Waals surface area (Å²) < 4.78 is 0. The molecule has 0 amide bonds. The van der Waals surface area contributed by atoms with Gasteiger partial charge in [-0.05, 0) is 36.0 Å². The third-order valence-electron chi connectivity index (χ3n) is 3.51. The molecule has 0 heterocycles. The van der Waals surface area contributed by atoms with Crippen molar-refractivity contribution in [3.8, 4) is 0 Å². The van der Waals surface area contributed by atoms with Crippen LogP contribution in [0.3, 0.4) is 0 Å². The monoisotopic (exact) mass is 212 g/mol. The van der Waals surface area contributed by atoms with Gasteiger partial charge >= 0.3 is 0 Å². The number of allylic oxidation sites excluding steroid dienone is 1. The normalized spacial score (nSPS) is 23.5. The minimum Gasteiger partial charge on any atom is -0.291 e. The summed E-state index contributed by atoms with van der Waals surface area (Å²) in [5, 5.41) is 0. The Kier molecular flexibility index (Phi) is 2.03. The molecule has 2 heteroatoms. The topological polar surface area (TPSA) is 34.1 Å². The van der Waals surface area contributed by atoms with Gasteiger partial charge in [0, 0.05) is 12.0 Å². The van der Waals surface area contributed by atoms with Crippen molar-refractivity contribution in [2.45, 2.75) is 19.3 Å². The molecule has 16 heavy (non-hydrogen) atoms. The molecule has 1 atom stereocenters. The predicted octanol–water partition coefficient (Wildman–Crippen LogP) is 2.17. The van der Waals surface area contributed by atoms with Crippen LogP contribution in [0.1, 0.15) is 24.0 Å². The number of carbonyl (C=O) groups excluding carboxylic acids is 2. The molecule has 0 radical (unpaired) electrons. The van der Waals surface area contributed by atoms with E-state index in [2.05, 4.69) is 6.07 Å². The van der Waals surface area contributed by atoms with E-state index in [0.29, 0.717) is 6.42 Å². The molecular weight excluding hydrogens is 200 g/mol. The molecule has 0 spiro atoms. The van der Waals surface area contributed by atoms with Crippen molar-refractivity contribution in [2.75, 3.05) is 0 Å². The van der Waals surface area contributed by atoms with Gasteiger partial charge < -0.3 is 0 Å². The van der Waals surface area contributed by atoms with Crippen molar-refractivity contribution in [1.82, 2.24) is 0 Å². The Hall–Kier alpha value is -1.70. The molecule has 1 saturated carbocycles. The van der Waals surface area contributed by atoms with Gasteiger partial charge in [0.25, 0.3) is 0 Å². The molecule has 80 valence electrons. The summed E-state index contributed by atoms with van der Waals surface area (Å²) >= 11 is 0. The highest BCUT2D eigenvalue weighted by molar-refractivity contribution is 6.45. The summed E-state index contributed by atoms with van der Waals surface area (Å²) in [7, 11) is 0. The Balaban J connectivity index is 2.10. The molecular formula is C14H12O2. The highest BCUT2D eigenvalue weighted by atomic mass is 16.2. The van der Waals surface area contributed by atoms with Crippen LogP contribution in [-0.2, 0) is 16.0 Å². The third-order valence-corrected chi connectivity index (χ3v) is 3.51. The zero-order valence-electron chi connectivity index (χ0n) is 8.90. The molecule has 1 fully saturated rings. The smallest absolute Gasteiger partial charge is 0.224 e. The first-order valence-electron chi connectivity index (χ1n) is 5.63. The van der Waals surface area contributed by atoms with Crippen LogP contribution in [0.25, 0.3) is 6.08 Å². The van der Waals surface area contributed by atoms with Gasteiger partial charge in [-0.3, -0.25) is 9.59 Å². The fourth-order valence-electron chi connectivity index (χ4n) is 2.61. The quantitative estimate of drug-likeness (QED) is 0.618. The van der Waals surface area contributed by atoms with Gasteiger partial charge in [0.15, 0.2) is 0 Å². The maximum atomic E-state index is 11.8. The first-order chi connectivity index (χ1) is 7.75. The van der Waals surface area contributed by atoms with E-state index in [1.165, 1.54) is 5.56 Å². The summed E-state index contributed by atoms with van der Waals surface area (Å²) in [6, 6.07) is 8.09. The second-order valence-electron chi connectivity index (χ2n) is 4.49. The van der Waals surface area contributed by atoms with Gasteiger partial charge in [0.2, 0.25) is 11.6 Å². The van der Waals surface area contributed by atoms with Crippen LogP contribution in [0.4, 0.5) is 0 Å². The average Bonchev–Trinajstić information content (AvgIpc) is 2.32. The van der Waals surface area contributed by atoms with E-state index >= 15 is 0 Å². The number of fused-ring (bicyclic) bond motifs is 2. The molecule has 3 rings (SSSR count). The molecule has 1 unspecified atom stereocenters. The van der Waals surface area contributed by atoms with Crippen molar-refractivity contribution in [3.05, 3.63) is 41.0 Å². The second-order valence-corrected chi connectivity index (χ2v) is 4.49. The summed E-state index contributed by atoms with van der Waals surface area (Å²) in [6.07, 6.45) is 4.05. The Morgan fingerprint density at radius 1 is 1.12 bits per heavy atom. The molecule has 0 saturated heterocycles. The lowest BCUT2D eigenvalue weighted by atomic mass is 9.74. The van der Waals surface area contributed by atoms with E-state index in [-0.39, 0.29) is 17.5 Å². The van der Waals surface area contributed by atoms with Gasteiger partial charge in [-0.25, -0.2) is 0 Å². The van der Waals surface area contributed by atoms with Gasteiger partial charge in [0.1, 0.15) is 0 Å². The summed E-state index contributed by atoms with van der Waals surface area (Å²) in [6.45, 7) is 0. The number of Topliss-reactive ketones (excluding diaryl/α,β-unsaturated/α-hetero) is 2. The van der Waals surface area contributed by atoms with Crippen LogP contribution in [0.15, 0.2) is 29.8 Å². The number of hydrogen-bond donors (Lipinski definition) is 0. The van der Waals surface area contributed by atoms with Crippen molar-refractivity contribution in [3.63, 3.8) is 0 Å². The number of hydrogen-bond acceptors (Lipinski definition) is 2. The minimum absolute atomic E-state index is 0.220. The van der Waals surface area contributed by atoms with Crippen molar-refractivity contribution < 1.29 is 9.59 Å². The molecule has 0 aliphatic heterocycles. The molecule has 2 nitrogen and oxygen atoms in total. The molecule has 0 N–H and O–H groups in total. The highest BCUT2D eigenvalue weighted by Gasteiger charge is 2.33. The zero-order chi connectivity index (χ0) is 11.1. The maximum Gasteiger partial charge on any atom is 0.224 e. The molecule has 2 aliphatic carbocycles. The van der Waals surface area contributed by atoms with E-state index in [0.717, 1.165) is 24.0 Å². The van der Waals surface area contributed by atoms with Gasteiger partial charge in [-0.1, -0.05) is 24.3 Å². The van der Waals surface area contributed by atoms with E-state index in [4.69, 9.17) is 0 Å². The number of carbonyl (C=O) groups is 2. The molecule has 0 bridgehead atoms. The fourth-order valence-corrected chi connectivity index (χ4v) is 2.61. The lowest BCUT2D eigenvalue weighted by molar-refractivity contribution is -0.136. The van der Waals surface area contributed by atoms with E-state index in [1.807, 2.05) is 24.3 Å². The van der Waals surface area contributed by atoms with Crippen molar-refractivity contribution in [2.24, 2.45) is 5.92 Å². The van der Waals surface area contributed by atoms with E-state index < -0.39 is 0 Å². The Labute approximate surface area is 94.0 Å². The minimum atomic E-state index is -0.259. The Morgan fingerprint density at radius 2 is 1.94 bits per heavy atom.